The molecule has 0 aliphatic heterocycles. The molecule has 0 radical (unpaired) electrons. The molecular formula is C10H20N6S. The fraction of sp³-hybridized carbons (Fsp3) is 0.700. The number of rotatable bonds is 5. The molecule has 1 aromatic heterocycles. The Bertz CT molecular complexity index is 368. The summed E-state index contributed by atoms with van der Waals surface area (Å²) < 4.78 is 0. The Balaban J connectivity index is 2.94. The van der Waals surface area contributed by atoms with E-state index < -0.39 is 0 Å². The first kappa shape index (κ1) is 14.0. The summed E-state index contributed by atoms with van der Waals surface area (Å²) >= 11 is 1.63. The maximum atomic E-state index is 5.35. The average Bonchev–Trinajstić information content (AvgIpc) is 2.28. The quantitative estimate of drug-likeness (QED) is 0.468. The van der Waals surface area contributed by atoms with Gasteiger partial charge in [0.2, 0.25) is 11.9 Å². The van der Waals surface area contributed by atoms with Crippen molar-refractivity contribution in [2.45, 2.75) is 31.2 Å². The minimum absolute atomic E-state index is 0.391. The molecule has 3 N–H and O–H groups in total. The van der Waals surface area contributed by atoms with E-state index in [0.29, 0.717) is 28.2 Å². The van der Waals surface area contributed by atoms with Gasteiger partial charge in [-0.1, -0.05) is 32.5 Å². The van der Waals surface area contributed by atoms with E-state index in [-0.39, 0.29) is 0 Å². The van der Waals surface area contributed by atoms with Gasteiger partial charge in [0.1, 0.15) is 0 Å². The van der Waals surface area contributed by atoms with Crippen molar-refractivity contribution in [3.8, 4) is 0 Å². The molecule has 0 fully saturated rings. The van der Waals surface area contributed by atoms with Crippen LogP contribution in [-0.4, -0.2) is 34.3 Å². The van der Waals surface area contributed by atoms with Crippen LogP contribution in [0.25, 0.3) is 0 Å². The zero-order chi connectivity index (χ0) is 13.0. The van der Waals surface area contributed by atoms with E-state index in [0.717, 1.165) is 0 Å². The highest BCUT2D eigenvalue weighted by Gasteiger charge is 2.13. The van der Waals surface area contributed by atoms with Crippen molar-refractivity contribution in [3.05, 3.63) is 0 Å². The van der Waals surface area contributed by atoms with Crippen LogP contribution in [0, 0.1) is 5.92 Å². The number of hydrogen-bond acceptors (Lipinski definition) is 7. The minimum atomic E-state index is 0.391. The Hall–Kier alpha value is -1.08. The highest BCUT2D eigenvalue weighted by molar-refractivity contribution is 7.99. The number of nitrogens with zero attached hydrogens (tertiary/aromatic N) is 4. The van der Waals surface area contributed by atoms with Crippen molar-refractivity contribution in [2.24, 2.45) is 11.8 Å². The van der Waals surface area contributed by atoms with Gasteiger partial charge in [0.05, 0.1) is 0 Å². The Morgan fingerprint density at radius 3 is 2.29 bits per heavy atom. The van der Waals surface area contributed by atoms with Gasteiger partial charge in [0.25, 0.3) is 0 Å². The van der Waals surface area contributed by atoms with Gasteiger partial charge in [-0.3, -0.25) is 5.43 Å². The van der Waals surface area contributed by atoms with Gasteiger partial charge in [-0.05, 0) is 5.92 Å². The van der Waals surface area contributed by atoms with Crippen LogP contribution in [0.3, 0.4) is 0 Å². The molecule has 0 aromatic carbocycles. The fourth-order valence-electron chi connectivity index (χ4n) is 0.965. The molecule has 1 unspecified atom stereocenters. The number of nitrogens with two attached hydrogens (primary N) is 1. The van der Waals surface area contributed by atoms with Crippen LogP contribution in [0.5, 0.6) is 0 Å². The molecule has 1 heterocycles. The van der Waals surface area contributed by atoms with Gasteiger partial charge in [0, 0.05) is 19.3 Å². The van der Waals surface area contributed by atoms with Gasteiger partial charge < -0.3 is 4.90 Å². The topological polar surface area (TPSA) is 80.0 Å². The molecule has 0 saturated heterocycles. The molecule has 0 aliphatic rings. The third-order valence-corrected chi connectivity index (χ3v) is 3.67. The fourth-order valence-corrected chi connectivity index (χ4v) is 1.84. The van der Waals surface area contributed by atoms with Crippen molar-refractivity contribution >= 4 is 23.7 Å². The minimum Gasteiger partial charge on any atom is -0.347 e. The predicted octanol–water partition coefficient (Wildman–Crippen LogP) is 1.36. The lowest BCUT2D eigenvalue weighted by atomic mass is 10.2. The lowest BCUT2D eigenvalue weighted by Crippen LogP contribution is -2.18. The second-order valence-corrected chi connectivity index (χ2v) is 5.69. The van der Waals surface area contributed by atoms with Crippen LogP contribution in [0.1, 0.15) is 20.8 Å². The highest BCUT2D eigenvalue weighted by Crippen LogP contribution is 2.26. The summed E-state index contributed by atoms with van der Waals surface area (Å²) in [5, 5.41) is 1.14. The van der Waals surface area contributed by atoms with Crippen molar-refractivity contribution in [3.63, 3.8) is 0 Å². The molecule has 0 amide bonds. The molecule has 1 rings (SSSR count). The van der Waals surface area contributed by atoms with E-state index in [4.69, 9.17) is 5.84 Å². The highest BCUT2D eigenvalue weighted by atomic mass is 32.2. The summed E-state index contributed by atoms with van der Waals surface area (Å²) in [6, 6.07) is 0. The molecular weight excluding hydrogens is 236 g/mol. The molecule has 1 aromatic rings. The number of nitrogen functional groups attached to an aromatic ring is 1. The van der Waals surface area contributed by atoms with Crippen LogP contribution >= 0.6 is 11.8 Å². The van der Waals surface area contributed by atoms with E-state index in [2.05, 4.69) is 41.1 Å². The van der Waals surface area contributed by atoms with Crippen molar-refractivity contribution in [1.29, 1.82) is 0 Å². The molecule has 0 aliphatic carbocycles. The summed E-state index contributed by atoms with van der Waals surface area (Å²) in [6.45, 7) is 6.51. The molecule has 96 valence electrons. The number of hydrogen-bond donors (Lipinski definition) is 2. The first-order valence-corrected chi connectivity index (χ1v) is 6.38. The largest absolute Gasteiger partial charge is 0.347 e. The monoisotopic (exact) mass is 256 g/mol. The number of hydrazine groups is 1. The first-order chi connectivity index (χ1) is 7.93. The van der Waals surface area contributed by atoms with Gasteiger partial charge in [-0.2, -0.15) is 15.0 Å². The molecule has 0 spiro atoms. The Kier molecular flexibility index (Phi) is 4.95. The predicted molar refractivity (Wildman–Crippen MR) is 72.1 cm³/mol. The maximum absolute atomic E-state index is 5.35. The van der Waals surface area contributed by atoms with E-state index >= 15 is 0 Å². The van der Waals surface area contributed by atoms with Gasteiger partial charge in [0.15, 0.2) is 5.16 Å². The summed E-state index contributed by atoms with van der Waals surface area (Å²) in [7, 11) is 3.77. The van der Waals surface area contributed by atoms with Crippen LogP contribution in [0.15, 0.2) is 5.16 Å². The molecule has 7 heteroatoms. The summed E-state index contributed by atoms with van der Waals surface area (Å²) in [5.41, 5.74) is 2.46. The van der Waals surface area contributed by atoms with Crippen molar-refractivity contribution in [1.82, 2.24) is 15.0 Å². The van der Waals surface area contributed by atoms with E-state index in [1.165, 1.54) is 0 Å². The SMILES string of the molecule is CC(C)C(C)Sc1nc(NN)nc(N(C)C)n1. The Morgan fingerprint density at radius 1 is 1.18 bits per heavy atom. The summed E-state index contributed by atoms with van der Waals surface area (Å²) in [5.74, 6) is 6.91. The third kappa shape index (κ3) is 4.01. The first-order valence-electron chi connectivity index (χ1n) is 5.50. The van der Waals surface area contributed by atoms with Crippen LogP contribution in [0.4, 0.5) is 11.9 Å². The number of aromatic nitrogens is 3. The van der Waals surface area contributed by atoms with Crippen LogP contribution in [0.2, 0.25) is 0 Å². The summed E-state index contributed by atoms with van der Waals surface area (Å²) in [4.78, 5) is 14.6. The number of anilines is 2. The zero-order valence-electron chi connectivity index (χ0n) is 10.9. The summed E-state index contributed by atoms with van der Waals surface area (Å²) in [6.07, 6.45) is 0. The van der Waals surface area contributed by atoms with Crippen molar-refractivity contribution in [2.75, 3.05) is 24.4 Å². The maximum Gasteiger partial charge on any atom is 0.242 e. The molecule has 17 heavy (non-hydrogen) atoms. The normalized spacial score (nSPS) is 12.6. The van der Waals surface area contributed by atoms with Gasteiger partial charge >= 0.3 is 0 Å². The molecule has 6 nitrogen and oxygen atoms in total. The number of thioether (sulfide) groups is 1. The number of nitrogens with one attached hydrogen (secondary N) is 1. The lowest BCUT2D eigenvalue weighted by Gasteiger charge is -2.16. The van der Waals surface area contributed by atoms with Gasteiger partial charge in [-0.15, -0.1) is 0 Å². The van der Waals surface area contributed by atoms with E-state index in [9.17, 15) is 0 Å². The molecule has 0 bridgehead atoms. The Morgan fingerprint density at radius 2 is 1.82 bits per heavy atom. The van der Waals surface area contributed by atoms with Gasteiger partial charge in [-0.25, -0.2) is 5.84 Å². The van der Waals surface area contributed by atoms with Crippen LogP contribution in [-0.2, 0) is 0 Å². The standard InChI is InChI=1S/C10H20N6S/c1-6(2)7(3)17-10-13-8(15-11)12-9(14-10)16(4)5/h6-7H,11H2,1-5H3,(H,12,13,14,15). The second-order valence-electron chi connectivity index (χ2n) is 4.35. The molecule has 0 saturated carbocycles. The smallest absolute Gasteiger partial charge is 0.242 e. The van der Waals surface area contributed by atoms with Crippen molar-refractivity contribution < 1.29 is 0 Å². The van der Waals surface area contributed by atoms with E-state index in [1.54, 1.807) is 11.8 Å². The lowest BCUT2D eigenvalue weighted by molar-refractivity contribution is 0.640. The average molecular weight is 256 g/mol. The third-order valence-electron chi connectivity index (χ3n) is 2.36. The van der Waals surface area contributed by atoms with Crippen LogP contribution < -0.4 is 16.2 Å². The zero-order valence-corrected chi connectivity index (χ0v) is 11.7. The Labute approximate surface area is 106 Å². The molecule has 1 atom stereocenters. The van der Waals surface area contributed by atoms with E-state index in [1.807, 2.05) is 19.0 Å². The second kappa shape index (κ2) is 6.02.